The molecule has 2 aromatic rings. The number of amides is 1. The summed E-state index contributed by atoms with van der Waals surface area (Å²) in [6.07, 6.45) is -0.435. The molecule has 1 amide bonds. The highest BCUT2D eigenvalue weighted by molar-refractivity contribution is 5.92. The largest absolute Gasteiger partial charge is 0.451 e. The van der Waals surface area contributed by atoms with Gasteiger partial charge in [0.1, 0.15) is 11.6 Å². The van der Waals surface area contributed by atoms with Gasteiger partial charge >= 0.3 is 0 Å². The van der Waals surface area contributed by atoms with Crippen molar-refractivity contribution < 1.29 is 18.7 Å². The van der Waals surface area contributed by atoms with Crippen LogP contribution in [0.25, 0.3) is 11.3 Å². The fourth-order valence-electron chi connectivity index (χ4n) is 2.00. The second kappa shape index (κ2) is 4.51. The maximum absolute atomic E-state index is 12.8. The molecular formula is C14H12FNO3. The summed E-state index contributed by atoms with van der Waals surface area (Å²) in [7, 11) is 0. The van der Waals surface area contributed by atoms with Gasteiger partial charge in [-0.25, -0.2) is 4.39 Å². The van der Waals surface area contributed by atoms with E-state index < -0.39 is 6.10 Å². The number of hydrogen-bond donors (Lipinski definition) is 1. The minimum absolute atomic E-state index is 0.228. The van der Waals surface area contributed by atoms with Crippen LogP contribution >= 0.6 is 0 Å². The van der Waals surface area contributed by atoms with Crippen LogP contribution in [-0.4, -0.2) is 35.1 Å². The number of aliphatic hydroxyl groups excluding tert-OH is 1. The van der Waals surface area contributed by atoms with Gasteiger partial charge in [-0.2, -0.15) is 0 Å². The van der Waals surface area contributed by atoms with Gasteiger partial charge in [-0.15, -0.1) is 0 Å². The van der Waals surface area contributed by atoms with Gasteiger partial charge < -0.3 is 14.4 Å². The molecule has 1 aliphatic rings. The number of likely N-dealkylation sites (tertiary alicyclic amines) is 1. The van der Waals surface area contributed by atoms with E-state index in [1.54, 1.807) is 24.3 Å². The predicted octanol–water partition coefficient (Wildman–Crippen LogP) is 1.90. The molecule has 0 atom stereocenters. The van der Waals surface area contributed by atoms with Gasteiger partial charge in [0.25, 0.3) is 5.91 Å². The third-order valence-corrected chi connectivity index (χ3v) is 3.10. The summed E-state index contributed by atoms with van der Waals surface area (Å²) in [4.78, 5) is 13.4. The number of carbonyl (C=O) groups is 1. The van der Waals surface area contributed by atoms with Crippen molar-refractivity contribution in [1.29, 1.82) is 0 Å². The van der Waals surface area contributed by atoms with Gasteiger partial charge in [-0.05, 0) is 36.4 Å². The standard InChI is InChI=1S/C14H12FNO3/c15-10-3-1-9(2-4-10)12-5-6-13(19-12)14(18)16-7-11(17)8-16/h1-6,11,17H,7-8H2. The molecule has 98 valence electrons. The van der Waals surface area contributed by atoms with Crippen LogP contribution < -0.4 is 0 Å². The quantitative estimate of drug-likeness (QED) is 0.898. The summed E-state index contributed by atoms with van der Waals surface area (Å²) in [6.45, 7) is 0.677. The van der Waals surface area contributed by atoms with Crippen molar-refractivity contribution in [3.8, 4) is 11.3 Å². The van der Waals surface area contributed by atoms with E-state index in [-0.39, 0.29) is 17.5 Å². The molecule has 1 aliphatic heterocycles. The van der Waals surface area contributed by atoms with Crippen molar-refractivity contribution >= 4 is 5.91 Å². The zero-order valence-electron chi connectivity index (χ0n) is 10.0. The Morgan fingerprint density at radius 3 is 2.53 bits per heavy atom. The summed E-state index contributed by atoms with van der Waals surface area (Å²) < 4.78 is 18.3. The van der Waals surface area contributed by atoms with Crippen molar-refractivity contribution in [2.24, 2.45) is 0 Å². The summed E-state index contributed by atoms with van der Waals surface area (Å²) in [5, 5.41) is 9.16. The third kappa shape index (κ3) is 2.24. The molecule has 1 aromatic carbocycles. The number of hydrogen-bond acceptors (Lipinski definition) is 3. The highest BCUT2D eigenvalue weighted by atomic mass is 19.1. The molecule has 1 N–H and O–H groups in total. The zero-order valence-corrected chi connectivity index (χ0v) is 10.0. The Kier molecular flexibility index (Phi) is 2.83. The van der Waals surface area contributed by atoms with Crippen LogP contribution in [0.15, 0.2) is 40.8 Å². The Morgan fingerprint density at radius 1 is 1.21 bits per heavy atom. The van der Waals surface area contributed by atoms with Crippen LogP contribution in [0.5, 0.6) is 0 Å². The number of nitrogens with zero attached hydrogens (tertiary/aromatic N) is 1. The normalized spacial score (nSPS) is 15.4. The van der Waals surface area contributed by atoms with Crippen molar-refractivity contribution in [2.75, 3.05) is 13.1 Å². The molecule has 3 rings (SSSR count). The van der Waals surface area contributed by atoms with Gasteiger partial charge in [0.2, 0.25) is 0 Å². The van der Waals surface area contributed by atoms with Crippen molar-refractivity contribution in [2.45, 2.75) is 6.10 Å². The Labute approximate surface area is 109 Å². The number of β-amino-alcohol motifs (C(OH)–C–C–N with tert-alkyl or cyclic N) is 1. The van der Waals surface area contributed by atoms with E-state index in [4.69, 9.17) is 9.52 Å². The summed E-state index contributed by atoms with van der Waals surface area (Å²) in [5.41, 5.74) is 0.712. The van der Waals surface area contributed by atoms with Crippen LogP contribution in [0, 0.1) is 5.82 Å². The SMILES string of the molecule is O=C(c1ccc(-c2ccc(F)cc2)o1)N1CC(O)C1. The number of benzene rings is 1. The molecule has 1 saturated heterocycles. The van der Waals surface area contributed by atoms with Gasteiger partial charge in [-0.3, -0.25) is 4.79 Å². The molecule has 19 heavy (non-hydrogen) atoms. The number of rotatable bonds is 2. The van der Waals surface area contributed by atoms with Crippen LogP contribution in [0.1, 0.15) is 10.6 Å². The molecule has 0 bridgehead atoms. The maximum Gasteiger partial charge on any atom is 0.289 e. The van der Waals surface area contributed by atoms with E-state index in [2.05, 4.69) is 0 Å². The molecule has 5 heteroatoms. The lowest BCUT2D eigenvalue weighted by Gasteiger charge is -2.35. The van der Waals surface area contributed by atoms with Gasteiger partial charge in [-0.1, -0.05) is 0 Å². The average molecular weight is 261 g/mol. The fourth-order valence-corrected chi connectivity index (χ4v) is 2.00. The first kappa shape index (κ1) is 11.9. The predicted molar refractivity (Wildman–Crippen MR) is 66.0 cm³/mol. The summed E-state index contributed by atoms with van der Waals surface area (Å²) in [5.74, 6) is 0.190. The lowest BCUT2D eigenvalue weighted by atomic mass is 10.1. The molecular weight excluding hydrogens is 249 g/mol. The molecule has 2 heterocycles. The van der Waals surface area contributed by atoms with E-state index in [1.165, 1.54) is 17.0 Å². The Hall–Kier alpha value is -2.14. The zero-order chi connectivity index (χ0) is 13.4. The van der Waals surface area contributed by atoms with E-state index in [1.807, 2.05) is 0 Å². The number of carbonyl (C=O) groups excluding carboxylic acids is 1. The molecule has 0 unspecified atom stereocenters. The Balaban J connectivity index is 1.79. The van der Waals surface area contributed by atoms with Crippen LogP contribution in [0.4, 0.5) is 4.39 Å². The molecule has 0 spiro atoms. The minimum Gasteiger partial charge on any atom is -0.451 e. The molecule has 4 nitrogen and oxygen atoms in total. The third-order valence-electron chi connectivity index (χ3n) is 3.10. The monoisotopic (exact) mass is 261 g/mol. The fraction of sp³-hybridized carbons (Fsp3) is 0.214. The molecule has 0 saturated carbocycles. The molecule has 1 aromatic heterocycles. The lowest BCUT2D eigenvalue weighted by molar-refractivity contribution is 0.00398. The molecule has 0 radical (unpaired) electrons. The maximum atomic E-state index is 12.8. The van der Waals surface area contributed by atoms with Crippen molar-refractivity contribution in [3.63, 3.8) is 0 Å². The van der Waals surface area contributed by atoms with E-state index >= 15 is 0 Å². The topological polar surface area (TPSA) is 53.7 Å². The molecule has 1 fully saturated rings. The van der Waals surface area contributed by atoms with Crippen molar-refractivity contribution in [3.05, 3.63) is 48.0 Å². The Morgan fingerprint density at radius 2 is 1.89 bits per heavy atom. The second-order valence-electron chi connectivity index (χ2n) is 4.53. The van der Waals surface area contributed by atoms with Gasteiger partial charge in [0, 0.05) is 18.7 Å². The van der Waals surface area contributed by atoms with E-state index in [0.717, 1.165) is 0 Å². The highest BCUT2D eigenvalue weighted by Gasteiger charge is 2.31. The number of aliphatic hydroxyl groups is 1. The minimum atomic E-state index is -0.435. The first-order valence-electron chi connectivity index (χ1n) is 5.96. The van der Waals surface area contributed by atoms with Crippen LogP contribution in [0.2, 0.25) is 0 Å². The number of halogens is 1. The van der Waals surface area contributed by atoms with Crippen LogP contribution in [0.3, 0.4) is 0 Å². The van der Waals surface area contributed by atoms with Gasteiger partial charge in [0.05, 0.1) is 6.10 Å². The average Bonchev–Trinajstić information content (AvgIpc) is 2.85. The number of furan rings is 1. The van der Waals surface area contributed by atoms with Crippen LogP contribution in [-0.2, 0) is 0 Å². The first-order valence-corrected chi connectivity index (χ1v) is 5.96. The first-order chi connectivity index (χ1) is 9.13. The lowest BCUT2D eigenvalue weighted by Crippen LogP contribution is -2.53. The van der Waals surface area contributed by atoms with Crippen molar-refractivity contribution in [1.82, 2.24) is 4.90 Å². The molecule has 0 aliphatic carbocycles. The summed E-state index contributed by atoms with van der Waals surface area (Å²) in [6, 6.07) is 9.13. The van der Waals surface area contributed by atoms with E-state index in [0.29, 0.717) is 24.4 Å². The Bertz CT molecular complexity index is 599. The highest BCUT2D eigenvalue weighted by Crippen LogP contribution is 2.24. The van der Waals surface area contributed by atoms with E-state index in [9.17, 15) is 9.18 Å². The van der Waals surface area contributed by atoms with Gasteiger partial charge in [0.15, 0.2) is 5.76 Å². The summed E-state index contributed by atoms with van der Waals surface area (Å²) >= 11 is 0. The smallest absolute Gasteiger partial charge is 0.289 e. The second-order valence-corrected chi connectivity index (χ2v) is 4.53.